The molecule has 14 nitrogen and oxygen atoms in total. The van der Waals surface area contributed by atoms with Crippen molar-refractivity contribution in [3.05, 3.63) is 70.4 Å². The van der Waals surface area contributed by atoms with Crippen LogP contribution in [0, 0.1) is 11.3 Å². The first-order chi connectivity index (χ1) is 28.3. The zero-order valence-electron chi connectivity index (χ0n) is 33.7. The molecule has 3 aliphatic heterocycles. The van der Waals surface area contributed by atoms with Gasteiger partial charge in [-0.2, -0.15) is 18.4 Å². The van der Waals surface area contributed by atoms with Crippen molar-refractivity contribution in [1.82, 2.24) is 20.1 Å². The first-order valence-electron chi connectivity index (χ1n) is 19.4. The average molecular weight is 868 g/mol. The molecule has 1 aromatic heterocycles. The van der Waals surface area contributed by atoms with E-state index in [4.69, 9.17) is 28.6 Å². The molecule has 3 N–H and O–H groups in total. The van der Waals surface area contributed by atoms with E-state index in [-0.39, 0.29) is 47.7 Å². The Morgan fingerprint density at radius 1 is 1.07 bits per heavy atom. The fourth-order valence-corrected chi connectivity index (χ4v) is 8.43. The number of ether oxygens (including phenoxy) is 1. The Bertz CT molecular complexity index is 2250. The van der Waals surface area contributed by atoms with Crippen LogP contribution in [-0.2, 0) is 31.8 Å². The fourth-order valence-electron chi connectivity index (χ4n) is 7.67. The third kappa shape index (κ3) is 9.49. The number of amides is 4. The van der Waals surface area contributed by atoms with Crippen molar-refractivity contribution in [3.63, 3.8) is 0 Å². The van der Waals surface area contributed by atoms with Gasteiger partial charge < -0.3 is 20.3 Å². The van der Waals surface area contributed by atoms with E-state index < -0.39 is 40.7 Å². The van der Waals surface area contributed by atoms with Crippen LogP contribution in [0.3, 0.4) is 0 Å². The second kappa shape index (κ2) is 17.7. The molecule has 0 spiro atoms. The summed E-state index contributed by atoms with van der Waals surface area (Å²) in [5.74, 6) is -1.08. The summed E-state index contributed by atoms with van der Waals surface area (Å²) < 4.78 is 47.5. The maximum atomic E-state index is 13.8. The van der Waals surface area contributed by atoms with E-state index >= 15 is 0 Å². The van der Waals surface area contributed by atoms with Gasteiger partial charge in [-0.15, -0.1) is 0 Å². The molecule has 4 heterocycles. The Labute approximate surface area is 356 Å². The Kier molecular flexibility index (Phi) is 13.0. The van der Waals surface area contributed by atoms with Gasteiger partial charge in [0.05, 0.1) is 41.3 Å². The third-order valence-electron chi connectivity index (χ3n) is 10.9. The van der Waals surface area contributed by atoms with Gasteiger partial charge in [-0.05, 0) is 95.2 Å². The Hall–Kier alpha value is -5.35. The SMILES string of the molecule is CCc1cc(N2C(=S)N(c3ccc(C#N)c(C(F)(F)F)c3)C(=O)C2(C)C)cnc1OCCN1C[C@@H](C)N(CC(=O)Nc2cc(Cl)cc(NC3CCC(=O)NC3=O)c2)C[C@H]1C. The molecule has 3 aliphatic rings. The molecule has 2 aromatic carbocycles. The molecule has 60 heavy (non-hydrogen) atoms. The van der Waals surface area contributed by atoms with Gasteiger partial charge in [0.2, 0.25) is 23.6 Å². The summed E-state index contributed by atoms with van der Waals surface area (Å²) in [7, 11) is 0. The number of benzene rings is 2. The molecule has 3 saturated heterocycles. The summed E-state index contributed by atoms with van der Waals surface area (Å²) in [6, 6.07) is 10.9. The Morgan fingerprint density at radius 3 is 2.45 bits per heavy atom. The lowest BCUT2D eigenvalue weighted by Gasteiger charge is -2.43. The number of nitrogens with zero attached hydrogens (tertiary/aromatic N) is 6. The lowest BCUT2D eigenvalue weighted by molar-refractivity contribution is -0.138. The number of aromatic nitrogens is 1. The van der Waals surface area contributed by atoms with Crippen LogP contribution in [-0.4, -0.2) is 100.0 Å². The van der Waals surface area contributed by atoms with Crippen molar-refractivity contribution in [3.8, 4) is 11.9 Å². The number of aryl methyl sites for hydroxylation is 1. The standard InChI is InChI=1S/C41H45ClF3N9O5S/c1-6-25-13-31(54-39(60)53(38(58)40(54,4)5)30-8-7-26(18-46)32(17-30)41(43,44)45)19-47-37(25)59-12-11-51-20-24(3)52(21-23(51)2)22-35(56)49-29-15-27(42)14-28(16-29)48-33-9-10-34(55)50-36(33)57/h7-8,13-17,19,23-24,33,48H,6,9-12,20-22H2,1-5H3,(H,49,56)(H,50,55,57)/t23-,24-,33?/m1/s1. The van der Waals surface area contributed by atoms with Crippen LogP contribution in [0.25, 0.3) is 0 Å². The number of nitrogens with one attached hydrogen (secondary N) is 3. The smallest absolute Gasteiger partial charge is 0.417 e. The number of carbonyl (C=O) groups is 4. The monoisotopic (exact) mass is 867 g/mol. The van der Waals surface area contributed by atoms with Crippen LogP contribution in [0.1, 0.15) is 64.2 Å². The zero-order valence-corrected chi connectivity index (χ0v) is 35.2. The maximum absolute atomic E-state index is 13.8. The molecule has 0 radical (unpaired) electrons. The fraction of sp³-hybridized carbons (Fsp3) is 0.439. The normalized spacial score (nSPS) is 21.2. The van der Waals surface area contributed by atoms with E-state index in [2.05, 4.69) is 44.6 Å². The molecule has 1 unspecified atom stereocenters. The number of imide groups is 1. The van der Waals surface area contributed by atoms with Gasteiger partial charge in [-0.1, -0.05) is 18.5 Å². The predicted octanol–water partition coefficient (Wildman–Crippen LogP) is 5.73. The average Bonchev–Trinajstić information content (AvgIpc) is 3.35. The predicted molar refractivity (Wildman–Crippen MR) is 224 cm³/mol. The minimum absolute atomic E-state index is 0.0296. The van der Waals surface area contributed by atoms with E-state index in [9.17, 15) is 37.6 Å². The van der Waals surface area contributed by atoms with Gasteiger partial charge in [-0.25, -0.2) is 4.98 Å². The zero-order chi connectivity index (χ0) is 43.7. The summed E-state index contributed by atoms with van der Waals surface area (Å²) in [4.78, 5) is 62.2. The van der Waals surface area contributed by atoms with Gasteiger partial charge in [0.1, 0.15) is 18.2 Å². The number of carbonyl (C=O) groups excluding carboxylic acids is 4. The van der Waals surface area contributed by atoms with Crippen LogP contribution in [0.15, 0.2) is 48.7 Å². The molecule has 0 aliphatic carbocycles. The van der Waals surface area contributed by atoms with Gasteiger partial charge >= 0.3 is 6.18 Å². The number of piperazine rings is 1. The molecule has 0 bridgehead atoms. The molecular formula is C41H45ClF3N9O5S. The summed E-state index contributed by atoms with van der Waals surface area (Å²) in [5, 5.41) is 17.9. The second-order valence-electron chi connectivity index (χ2n) is 15.6. The number of anilines is 4. The first-order valence-corrected chi connectivity index (χ1v) is 20.2. The number of pyridine rings is 1. The van der Waals surface area contributed by atoms with Crippen LogP contribution in [0.5, 0.6) is 5.88 Å². The van der Waals surface area contributed by atoms with Crippen molar-refractivity contribution < 1.29 is 37.1 Å². The molecule has 19 heteroatoms. The molecule has 3 fully saturated rings. The van der Waals surface area contributed by atoms with E-state index in [0.717, 1.165) is 22.6 Å². The summed E-state index contributed by atoms with van der Waals surface area (Å²) in [6.45, 7) is 11.7. The molecule has 3 aromatic rings. The summed E-state index contributed by atoms with van der Waals surface area (Å²) in [6.07, 6.45) is -2.19. The molecule has 3 atom stereocenters. The van der Waals surface area contributed by atoms with Crippen molar-refractivity contribution in [1.29, 1.82) is 5.26 Å². The molecule has 0 saturated carbocycles. The summed E-state index contributed by atoms with van der Waals surface area (Å²) >= 11 is 12.0. The van der Waals surface area contributed by atoms with E-state index in [1.807, 2.05) is 6.92 Å². The second-order valence-corrected chi connectivity index (χ2v) is 16.4. The van der Waals surface area contributed by atoms with Gasteiger partial charge in [0.25, 0.3) is 5.91 Å². The van der Waals surface area contributed by atoms with Crippen LogP contribution < -0.4 is 30.5 Å². The first kappa shape index (κ1) is 44.2. The number of nitriles is 1. The van der Waals surface area contributed by atoms with Crippen molar-refractivity contribution in [2.45, 2.75) is 83.7 Å². The van der Waals surface area contributed by atoms with Crippen LogP contribution in [0.4, 0.5) is 35.9 Å². The molecule has 4 amide bonds. The number of thiocarbonyl (C=S) groups is 1. The number of alkyl halides is 3. The van der Waals surface area contributed by atoms with E-state index in [1.54, 1.807) is 49.1 Å². The highest BCUT2D eigenvalue weighted by atomic mass is 35.5. The Morgan fingerprint density at radius 2 is 1.77 bits per heavy atom. The summed E-state index contributed by atoms with van der Waals surface area (Å²) in [5.41, 5.74) is -0.870. The lowest BCUT2D eigenvalue weighted by atomic mass is 10.0. The van der Waals surface area contributed by atoms with Gasteiger partial charge in [0.15, 0.2) is 5.11 Å². The highest BCUT2D eigenvalue weighted by Crippen LogP contribution is 2.40. The highest BCUT2D eigenvalue weighted by Gasteiger charge is 2.51. The third-order valence-corrected chi connectivity index (χ3v) is 11.5. The molecule has 318 valence electrons. The van der Waals surface area contributed by atoms with Crippen LogP contribution >= 0.6 is 23.8 Å². The minimum atomic E-state index is -4.81. The topological polar surface area (TPSA) is 163 Å². The van der Waals surface area contributed by atoms with Crippen molar-refractivity contribution in [2.75, 3.05) is 53.2 Å². The largest absolute Gasteiger partial charge is 0.476 e. The van der Waals surface area contributed by atoms with Gasteiger partial charge in [-0.3, -0.25) is 39.2 Å². The van der Waals surface area contributed by atoms with E-state index in [1.165, 1.54) is 12.3 Å². The van der Waals surface area contributed by atoms with Gasteiger partial charge in [0, 0.05) is 60.1 Å². The quantitative estimate of drug-likeness (QED) is 0.150. The number of piperidine rings is 1. The maximum Gasteiger partial charge on any atom is 0.417 e. The van der Waals surface area contributed by atoms with Crippen molar-refractivity contribution >= 4 is 75.3 Å². The van der Waals surface area contributed by atoms with Crippen molar-refractivity contribution in [2.24, 2.45) is 0 Å². The van der Waals surface area contributed by atoms with E-state index in [0.29, 0.717) is 67.0 Å². The number of rotatable bonds is 12. The number of hydrogen-bond acceptors (Lipinski definition) is 11. The lowest BCUT2D eigenvalue weighted by Crippen LogP contribution is -2.58. The minimum Gasteiger partial charge on any atom is -0.476 e. The molecular weight excluding hydrogens is 823 g/mol. The van der Waals surface area contributed by atoms with Crippen LogP contribution in [0.2, 0.25) is 5.02 Å². The number of hydrogen-bond donors (Lipinski definition) is 3. The number of halogens is 4. The highest BCUT2D eigenvalue weighted by molar-refractivity contribution is 7.81. The molecule has 6 rings (SSSR count). The Balaban J connectivity index is 1.04.